The normalized spacial score (nSPS) is 33.7. The summed E-state index contributed by atoms with van der Waals surface area (Å²) in [6, 6.07) is 2.69. The van der Waals surface area contributed by atoms with Crippen molar-refractivity contribution < 1.29 is 34.4 Å². The Morgan fingerprint density at radius 3 is 2.36 bits per heavy atom. The third-order valence-corrected chi connectivity index (χ3v) is 10.2. The second kappa shape index (κ2) is 11.3. The first-order valence-electron chi connectivity index (χ1n) is 15.4. The van der Waals surface area contributed by atoms with E-state index in [0.717, 1.165) is 24.8 Å². The Bertz CT molecular complexity index is 1260. The maximum atomic E-state index is 14.0. The molecule has 0 aromatic heterocycles. The lowest BCUT2D eigenvalue weighted by Gasteiger charge is -2.58. The Hall–Kier alpha value is -2.88. The van der Waals surface area contributed by atoms with Crippen LogP contribution in [0.2, 0.25) is 0 Å². The topological polar surface area (TPSA) is 129 Å². The molecule has 0 unspecified atom stereocenters. The molecule has 9 nitrogen and oxygen atoms in total. The first kappa shape index (κ1) is 29.2. The van der Waals surface area contributed by atoms with Crippen molar-refractivity contribution in [3.8, 4) is 11.5 Å². The molecule has 4 N–H and O–H groups in total. The lowest BCUT2D eigenvalue weighted by Crippen LogP contribution is -2.59. The summed E-state index contributed by atoms with van der Waals surface area (Å²) in [6.45, 7) is 3.94. The SMILES string of the molecule is COc1cc(CO)cc2c1O[C@@H]1[C@@H](O)[C@H](N(CC34CC5CC(CC(C5)C3)C4)C(=O)C=C(C)C)C=C(C(=O)NCCO)[C@H]21. The van der Waals surface area contributed by atoms with Crippen LogP contribution in [0.3, 0.4) is 0 Å². The van der Waals surface area contributed by atoms with Crippen LogP contribution in [0, 0.1) is 23.2 Å². The van der Waals surface area contributed by atoms with Crippen molar-refractivity contribution in [1.29, 1.82) is 0 Å². The molecule has 0 saturated heterocycles. The fourth-order valence-corrected chi connectivity index (χ4v) is 9.12. The van der Waals surface area contributed by atoms with Crippen molar-refractivity contribution in [2.24, 2.45) is 23.2 Å². The molecule has 4 fully saturated rings. The van der Waals surface area contributed by atoms with Crippen LogP contribution in [0.25, 0.3) is 0 Å². The van der Waals surface area contributed by atoms with Gasteiger partial charge in [-0.05, 0) is 99.3 Å². The van der Waals surface area contributed by atoms with Gasteiger partial charge in [0.25, 0.3) is 0 Å². The van der Waals surface area contributed by atoms with Gasteiger partial charge in [0.15, 0.2) is 11.5 Å². The van der Waals surface area contributed by atoms with Gasteiger partial charge in [-0.25, -0.2) is 0 Å². The number of nitrogens with one attached hydrogen (secondary N) is 1. The van der Waals surface area contributed by atoms with Gasteiger partial charge in [0.1, 0.15) is 12.2 Å². The van der Waals surface area contributed by atoms with E-state index in [2.05, 4.69) is 5.32 Å². The minimum absolute atomic E-state index is 0.0162. The molecule has 4 atom stereocenters. The van der Waals surface area contributed by atoms with Crippen LogP contribution >= 0.6 is 0 Å². The Kier molecular flexibility index (Phi) is 7.87. The highest BCUT2D eigenvalue weighted by Crippen LogP contribution is 2.60. The number of aliphatic hydroxyl groups is 3. The third kappa shape index (κ3) is 5.13. The van der Waals surface area contributed by atoms with E-state index >= 15 is 0 Å². The van der Waals surface area contributed by atoms with Crippen LogP contribution in [0.15, 0.2) is 35.4 Å². The number of carbonyl (C=O) groups excluding carboxylic acids is 2. The van der Waals surface area contributed by atoms with Crippen molar-refractivity contribution in [3.05, 3.63) is 46.6 Å². The number of rotatable bonds is 9. The van der Waals surface area contributed by atoms with Gasteiger partial charge in [-0.15, -0.1) is 0 Å². The van der Waals surface area contributed by atoms with Gasteiger partial charge in [0.2, 0.25) is 11.8 Å². The number of carbonyl (C=O) groups is 2. The van der Waals surface area contributed by atoms with Crippen LogP contribution in [-0.4, -0.2) is 77.1 Å². The summed E-state index contributed by atoms with van der Waals surface area (Å²) < 4.78 is 12.0. The molecule has 7 rings (SSSR count). The number of ether oxygens (including phenoxy) is 2. The molecule has 6 aliphatic rings. The minimum atomic E-state index is -1.11. The maximum Gasteiger partial charge on any atom is 0.247 e. The average molecular weight is 581 g/mol. The standard InChI is InChI=1S/C33H44N2O7/c1-18(2)6-27(38)35(17-33-13-19-7-20(14-33)9-21(8-19)15-33)25-12-24(32(40)34-4-5-36)28-23-10-22(16-37)11-26(41-3)30(23)42-31(28)29(25)39/h6,10-12,19-21,25,28-29,31,36-37,39H,4-5,7-9,13-17H2,1-3H3,(H,34,40)/t19?,20?,21?,25-,28+,29+,31+,33?/m1/s1. The summed E-state index contributed by atoms with van der Waals surface area (Å²) in [5, 5.41) is 34.1. The first-order chi connectivity index (χ1) is 20.1. The number of methoxy groups -OCH3 is 1. The summed E-state index contributed by atoms with van der Waals surface area (Å²) in [6.07, 6.45) is 8.58. The van der Waals surface area contributed by atoms with E-state index < -0.39 is 24.2 Å². The molecule has 1 heterocycles. The number of benzene rings is 1. The van der Waals surface area contributed by atoms with E-state index in [4.69, 9.17) is 9.47 Å². The molecule has 228 valence electrons. The highest BCUT2D eigenvalue weighted by molar-refractivity contribution is 5.96. The number of allylic oxidation sites excluding steroid dienone is 1. The first-order valence-corrected chi connectivity index (χ1v) is 15.4. The molecule has 0 spiro atoms. The second-order valence-electron chi connectivity index (χ2n) is 13.6. The van der Waals surface area contributed by atoms with Crippen LogP contribution in [0.4, 0.5) is 0 Å². The van der Waals surface area contributed by atoms with Gasteiger partial charge in [-0.2, -0.15) is 0 Å². The monoisotopic (exact) mass is 580 g/mol. The van der Waals surface area contributed by atoms with Gasteiger partial charge < -0.3 is 35.0 Å². The Balaban J connectivity index is 1.42. The summed E-state index contributed by atoms with van der Waals surface area (Å²) in [5.74, 6) is 1.76. The number of amides is 2. The van der Waals surface area contributed by atoms with E-state index in [1.165, 1.54) is 26.4 Å². The van der Waals surface area contributed by atoms with Crippen LogP contribution in [0.1, 0.15) is 69.4 Å². The predicted octanol–water partition coefficient (Wildman–Crippen LogP) is 2.82. The average Bonchev–Trinajstić information content (AvgIpc) is 3.33. The lowest BCUT2D eigenvalue weighted by atomic mass is 9.49. The van der Waals surface area contributed by atoms with Crippen molar-refractivity contribution in [2.45, 2.75) is 83.1 Å². The van der Waals surface area contributed by atoms with E-state index in [9.17, 15) is 24.9 Å². The molecule has 42 heavy (non-hydrogen) atoms. The summed E-state index contributed by atoms with van der Waals surface area (Å²) in [7, 11) is 1.51. The predicted molar refractivity (Wildman–Crippen MR) is 156 cm³/mol. The summed E-state index contributed by atoms with van der Waals surface area (Å²) in [4.78, 5) is 29.4. The van der Waals surface area contributed by atoms with E-state index in [1.54, 1.807) is 29.2 Å². The number of fused-ring (bicyclic) bond motifs is 3. The van der Waals surface area contributed by atoms with Crippen molar-refractivity contribution >= 4 is 11.8 Å². The summed E-state index contributed by atoms with van der Waals surface area (Å²) in [5.41, 5.74) is 2.51. The number of hydrogen-bond acceptors (Lipinski definition) is 7. The quantitative estimate of drug-likeness (QED) is 0.331. The van der Waals surface area contributed by atoms with Crippen molar-refractivity contribution in [1.82, 2.24) is 10.2 Å². The molecule has 4 saturated carbocycles. The number of hydrogen-bond donors (Lipinski definition) is 4. The zero-order valence-corrected chi connectivity index (χ0v) is 24.8. The Morgan fingerprint density at radius 2 is 1.79 bits per heavy atom. The highest BCUT2D eigenvalue weighted by atomic mass is 16.5. The largest absolute Gasteiger partial charge is 0.493 e. The molecule has 1 aromatic carbocycles. The lowest BCUT2D eigenvalue weighted by molar-refractivity contribution is -0.140. The molecule has 5 aliphatic carbocycles. The zero-order valence-electron chi connectivity index (χ0n) is 24.8. The fourth-order valence-electron chi connectivity index (χ4n) is 9.12. The van der Waals surface area contributed by atoms with Gasteiger partial charge in [-0.1, -0.05) is 5.57 Å². The van der Waals surface area contributed by atoms with Gasteiger partial charge >= 0.3 is 0 Å². The third-order valence-electron chi connectivity index (χ3n) is 10.2. The molecule has 1 aliphatic heterocycles. The molecule has 2 amide bonds. The minimum Gasteiger partial charge on any atom is -0.493 e. The summed E-state index contributed by atoms with van der Waals surface area (Å²) >= 11 is 0. The molecular formula is C33H44N2O7. The second-order valence-corrected chi connectivity index (χ2v) is 13.6. The number of nitrogens with zero attached hydrogens (tertiary/aromatic N) is 1. The molecular weight excluding hydrogens is 536 g/mol. The number of aliphatic hydroxyl groups excluding tert-OH is 3. The van der Waals surface area contributed by atoms with Crippen LogP contribution in [0.5, 0.6) is 11.5 Å². The Labute approximate surface area is 247 Å². The fraction of sp³-hybridized carbons (Fsp3) is 0.636. The zero-order chi connectivity index (χ0) is 29.8. The molecule has 0 radical (unpaired) electrons. The highest BCUT2D eigenvalue weighted by Gasteiger charge is 2.55. The molecule has 1 aromatic rings. The van der Waals surface area contributed by atoms with E-state index in [-0.39, 0.29) is 37.0 Å². The van der Waals surface area contributed by atoms with Crippen molar-refractivity contribution in [3.63, 3.8) is 0 Å². The van der Waals surface area contributed by atoms with Gasteiger partial charge in [-0.3, -0.25) is 9.59 Å². The van der Waals surface area contributed by atoms with Crippen LogP contribution < -0.4 is 14.8 Å². The van der Waals surface area contributed by atoms with Gasteiger partial charge in [0, 0.05) is 30.3 Å². The maximum absolute atomic E-state index is 14.0. The smallest absolute Gasteiger partial charge is 0.247 e. The Morgan fingerprint density at radius 1 is 1.12 bits per heavy atom. The van der Waals surface area contributed by atoms with E-state index in [0.29, 0.717) is 52.5 Å². The molecule has 4 bridgehead atoms. The van der Waals surface area contributed by atoms with E-state index in [1.807, 2.05) is 13.8 Å². The molecule has 9 heteroatoms. The van der Waals surface area contributed by atoms with Crippen molar-refractivity contribution in [2.75, 3.05) is 26.8 Å². The van der Waals surface area contributed by atoms with Gasteiger partial charge in [0.05, 0.1) is 32.3 Å². The van der Waals surface area contributed by atoms with Crippen LogP contribution in [-0.2, 0) is 16.2 Å².